The van der Waals surface area contributed by atoms with Gasteiger partial charge in [0.25, 0.3) is 0 Å². The van der Waals surface area contributed by atoms with Gasteiger partial charge in [0.2, 0.25) is 0 Å². The second-order valence-electron chi connectivity index (χ2n) is 3.98. The van der Waals surface area contributed by atoms with Crippen molar-refractivity contribution in [2.45, 2.75) is 32.9 Å². The fourth-order valence-electron chi connectivity index (χ4n) is 1.78. The van der Waals surface area contributed by atoms with Crippen LogP contribution in [0, 0.1) is 13.8 Å². The number of methoxy groups -OCH3 is 1. The van der Waals surface area contributed by atoms with Crippen LogP contribution in [0.15, 0.2) is 12.1 Å². The Morgan fingerprint density at radius 2 is 1.73 bits per heavy atom. The summed E-state index contributed by atoms with van der Waals surface area (Å²) in [5.74, 6) is 0.811. The average molecular weight is 209 g/mol. The van der Waals surface area contributed by atoms with Crippen LogP contribution >= 0.6 is 0 Å². The van der Waals surface area contributed by atoms with E-state index in [0.717, 1.165) is 22.4 Å². The first-order valence-electron chi connectivity index (χ1n) is 5.06. The lowest BCUT2D eigenvalue weighted by Gasteiger charge is -2.20. The molecule has 0 bridgehead atoms. The summed E-state index contributed by atoms with van der Waals surface area (Å²) in [5, 5.41) is 9.96. The van der Waals surface area contributed by atoms with Gasteiger partial charge in [0.15, 0.2) is 0 Å². The van der Waals surface area contributed by atoms with Crippen molar-refractivity contribution < 1.29 is 9.84 Å². The summed E-state index contributed by atoms with van der Waals surface area (Å²) in [6.45, 7) is 5.71. The highest BCUT2D eigenvalue weighted by Gasteiger charge is 2.17. The Balaban J connectivity index is 3.19. The van der Waals surface area contributed by atoms with Crippen molar-refractivity contribution in [1.29, 1.82) is 0 Å². The summed E-state index contributed by atoms with van der Waals surface area (Å²) in [6, 6.07) is 3.55. The van der Waals surface area contributed by atoms with E-state index in [0.29, 0.717) is 0 Å². The minimum absolute atomic E-state index is 0.268. The van der Waals surface area contributed by atoms with E-state index in [9.17, 15) is 5.11 Å². The fourth-order valence-corrected chi connectivity index (χ4v) is 1.78. The van der Waals surface area contributed by atoms with Gasteiger partial charge in [-0.2, -0.15) is 0 Å². The van der Waals surface area contributed by atoms with Crippen molar-refractivity contribution in [2.24, 2.45) is 5.73 Å². The lowest BCUT2D eigenvalue weighted by atomic mass is 9.94. The van der Waals surface area contributed by atoms with Gasteiger partial charge >= 0.3 is 0 Å². The largest absolute Gasteiger partial charge is 0.497 e. The third-order valence-electron chi connectivity index (χ3n) is 2.60. The van der Waals surface area contributed by atoms with E-state index in [1.54, 1.807) is 14.0 Å². The van der Waals surface area contributed by atoms with E-state index < -0.39 is 6.10 Å². The molecule has 3 heteroatoms. The molecule has 2 atom stereocenters. The minimum Gasteiger partial charge on any atom is -0.497 e. The maximum atomic E-state index is 9.96. The van der Waals surface area contributed by atoms with Crippen LogP contribution in [0.4, 0.5) is 0 Å². The molecular formula is C12H19NO2. The zero-order valence-electron chi connectivity index (χ0n) is 9.74. The zero-order chi connectivity index (χ0) is 11.6. The number of ether oxygens (including phenoxy) is 1. The number of aliphatic hydroxyl groups excluding tert-OH is 1. The molecular weight excluding hydrogens is 190 g/mol. The predicted octanol–water partition coefficient (Wildman–Crippen LogP) is 1.69. The van der Waals surface area contributed by atoms with Gasteiger partial charge in [-0.1, -0.05) is 0 Å². The van der Waals surface area contributed by atoms with Gasteiger partial charge in [-0.3, -0.25) is 0 Å². The highest BCUT2D eigenvalue weighted by molar-refractivity contribution is 5.42. The van der Waals surface area contributed by atoms with Crippen LogP contribution in [0.3, 0.4) is 0 Å². The number of hydrogen-bond acceptors (Lipinski definition) is 3. The monoisotopic (exact) mass is 209 g/mol. The molecule has 15 heavy (non-hydrogen) atoms. The standard InChI is InChI=1S/C12H19NO2/c1-7-5-10(15-4)6-8(2)11(7)12(14)9(3)13/h5-6,9,12,14H,13H2,1-4H3. The molecule has 84 valence electrons. The highest BCUT2D eigenvalue weighted by Crippen LogP contribution is 2.27. The number of aliphatic hydroxyl groups is 1. The lowest BCUT2D eigenvalue weighted by Crippen LogP contribution is -2.25. The molecule has 3 N–H and O–H groups in total. The van der Waals surface area contributed by atoms with Crippen LogP contribution < -0.4 is 10.5 Å². The number of rotatable bonds is 3. The summed E-state index contributed by atoms with van der Waals surface area (Å²) >= 11 is 0. The second kappa shape index (κ2) is 4.64. The summed E-state index contributed by atoms with van der Waals surface area (Å²) < 4.78 is 5.16. The molecule has 0 amide bonds. The van der Waals surface area contributed by atoms with Gasteiger partial charge in [0.05, 0.1) is 13.2 Å². The van der Waals surface area contributed by atoms with Crippen molar-refractivity contribution >= 4 is 0 Å². The van der Waals surface area contributed by atoms with E-state index in [4.69, 9.17) is 10.5 Å². The van der Waals surface area contributed by atoms with Gasteiger partial charge in [-0.05, 0) is 49.6 Å². The van der Waals surface area contributed by atoms with Gasteiger partial charge < -0.3 is 15.6 Å². The molecule has 0 aliphatic carbocycles. The Morgan fingerprint density at radius 3 is 2.07 bits per heavy atom. The van der Waals surface area contributed by atoms with Crippen LogP contribution in [-0.2, 0) is 0 Å². The Hall–Kier alpha value is -1.06. The molecule has 0 aliphatic heterocycles. The Morgan fingerprint density at radius 1 is 1.27 bits per heavy atom. The Bertz CT molecular complexity index is 324. The Labute approximate surface area is 90.9 Å². The molecule has 0 aromatic heterocycles. The fraction of sp³-hybridized carbons (Fsp3) is 0.500. The molecule has 1 aromatic carbocycles. The van der Waals surface area contributed by atoms with E-state index in [-0.39, 0.29) is 6.04 Å². The Kier molecular flexibility index (Phi) is 3.72. The smallest absolute Gasteiger partial charge is 0.119 e. The summed E-state index contributed by atoms with van der Waals surface area (Å²) in [7, 11) is 1.63. The zero-order valence-corrected chi connectivity index (χ0v) is 9.74. The second-order valence-corrected chi connectivity index (χ2v) is 3.98. The molecule has 0 aliphatic rings. The minimum atomic E-state index is -0.615. The topological polar surface area (TPSA) is 55.5 Å². The summed E-state index contributed by atoms with van der Waals surface area (Å²) in [5.41, 5.74) is 8.62. The quantitative estimate of drug-likeness (QED) is 0.796. The molecule has 0 saturated carbocycles. The highest BCUT2D eigenvalue weighted by atomic mass is 16.5. The number of benzene rings is 1. The average Bonchev–Trinajstić information content (AvgIpc) is 2.16. The summed E-state index contributed by atoms with van der Waals surface area (Å²) in [4.78, 5) is 0. The number of aryl methyl sites for hydroxylation is 2. The summed E-state index contributed by atoms with van der Waals surface area (Å²) in [6.07, 6.45) is -0.615. The predicted molar refractivity (Wildman–Crippen MR) is 61.1 cm³/mol. The molecule has 2 unspecified atom stereocenters. The van der Waals surface area contributed by atoms with E-state index in [1.807, 2.05) is 26.0 Å². The molecule has 0 fully saturated rings. The maximum absolute atomic E-state index is 9.96. The van der Waals surface area contributed by atoms with Gasteiger partial charge in [-0.15, -0.1) is 0 Å². The molecule has 1 aromatic rings. The molecule has 0 saturated heterocycles. The third-order valence-corrected chi connectivity index (χ3v) is 2.60. The first-order chi connectivity index (χ1) is 6.97. The van der Waals surface area contributed by atoms with Crippen LogP contribution in [0.25, 0.3) is 0 Å². The molecule has 0 spiro atoms. The van der Waals surface area contributed by atoms with E-state index in [1.165, 1.54) is 0 Å². The van der Waals surface area contributed by atoms with Crippen molar-refractivity contribution in [3.63, 3.8) is 0 Å². The lowest BCUT2D eigenvalue weighted by molar-refractivity contribution is 0.152. The van der Waals surface area contributed by atoms with Crippen LogP contribution in [0.2, 0.25) is 0 Å². The van der Waals surface area contributed by atoms with Crippen molar-refractivity contribution in [3.8, 4) is 5.75 Å². The van der Waals surface area contributed by atoms with Crippen LogP contribution in [0.5, 0.6) is 5.75 Å². The van der Waals surface area contributed by atoms with Crippen molar-refractivity contribution in [1.82, 2.24) is 0 Å². The van der Waals surface area contributed by atoms with E-state index in [2.05, 4.69) is 0 Å². The maximum Gasteiger partial charge on any atom is 0.119 e. The molecule has 1 rings (SSSR count). The van der Waals surface area contributed by atoms with Crippen LogP contribution in [0.1, 0.15) is 29.7 Å². The van der Waals surface area contributed by atoms with Gasteiger partial charge in [0, 0.05) is 6.04 Å². The molecule has 0 heterocycles. The third kappa shape index (κ3) is 2.49. The normalized spacial score (nSPS) is 14.8. The van der Waals surface area contributed by atoms with Crippen molar-refractivity contribution in [3.05, 3.63) is 28.8 Å². The number of nitrogens with two attached hydrogens (primary N) is 1. The number of hydrogen-bond donors (Lipinski definition) is 2. The first kappa shape index (κ1) is 12.0. The van der Waals surface area contributed by atoms with Crippen molar-refractivity contribution in [2.75, 3.05) is 7.11 Å². The van der Waals surface area contributed by atoms with Gasteiger partial charge in [-0.25, -0.2) is 0 Å². The van der Waals surface area contributed by atoms with Crippen LogP contribution in [-0.4, -0.2) is 18.3 Å². The molecule has 0 radical (unpaired) electrons. The van der Waals surface area contributed by atoms with E-state index >= 15 is 0 Å². The SMILES string of the molecule is COc1cc(C)c(C(O)C(C)N)c(C)c1. The first-order valence-corrected chi connectivity index (χ1v) is 5.06. The molecule has 3 nitrogen and oxygen atoms in total. The van der Waals surface area contributed by atoms with Gasteiger partial charge in [0.1, 0.15) is 5.75 Å².